The first kappa shape index (κ1) is 16.8. The molecule has 0 aromatic carbocycles. The minimum atomic E-state index is -0.160. The zero-order valence-corrected chi connectivity index (χ0v) is 13.8. The zero-order chi connectivity index (χ0) is 15.1. The average molecular weight is 344 g/mol. The van der Waals surface area contributed by atoms with Crippen molar-refractivity contribution < 1.29 is 9.59 Å². The number of nitrogens with zero attached hydrogens (tertiary/aromatic N) is 1. The molecule has 0 radical (unpaired) electrons. The molecule has 0 bridgehead atoms. The molecule has 6 heteroatoms. The fourth-order valence-corrected chi connectivity index (χ4v) is 2.23. The normalized spacial score (nSPS) is 10.7. The maximum atomic E-state index is 12.1. The molecule has 0 aliphatic heterocycles. The van der Waals surface area contributed by atoms with Gasteiger partial charge in [0, 0.05) is 36.2 Å². The second-order valence-electron chi connectivity index (χ2n) is 4.90. The van der Waals surface area contributed by atoms with Crippen molar-refractivity contribution in [3.63, 3.8) is 0 Å². The van der Waals surface area contributed by atoms with Crippen molar-refractivity contribution in [3.05, 3.63) is 22.4 Å². The third-order valence-corrected chi connectivity index (χ3v) is 3.25. The molecule has 2 amide bonds. The molecule has 20 heavy (non-hydrogen) atoms. The summed E-state index contributed by atoms with van der Waals surface area (Å²) in [6, 6.07) is 1.99. The van der Waals surface area contributed by atoms with Crippen LogP contribution >= 0.6 is 15.9 Å². The molecule has 0 atom stereocenters. The highest BCUT2D eigenvalue weighted by molar-refractivity contribution is 9.10. The van der Waals surface area contributed by atoms with Crippen LogP contribution in [0.2, 0.25) is 0 Å². The van der Waals surface area contributed by atoms with Crippen LogP contribution in [0.4, 0.5) is 0 Å². The lowest BCUT2D eigenvalue weighted by molar-refractivity contribution is -0.120. The second kappa shape index (κ2) is 8.09. The second-order valence-corrected chi connectivity index (χ2v) is 5.82. The lowest BCUT2D eigenvalue weighted by Gasteiger charge is -2.12. The van der Waals surface area contributed by atoms with E-state index in [1.54, 1.807) is 6.07 Å². The van der Waals surface area contributed by atoms with Gasteiger partial charge in [-0.05, 0) is 42.3 Å². The minimum Gasteiger partial charge on any atom is -0.356 e. The van der Waals surface area contributed by atoms with Crippen LogP contribution < -0.4 is 10.6 Å². The molecule has 5 nitrogen and oxygen atoms in total. The van der Waals surface area contributed by atoms with Gasteiger partial charge in [0.15, 0.2) is 0 Å². The molecular formula is C14H22BrN3O2. The zero-order valence-electron chi connectivity index (χ0n) is 12.2. The van der Waals surface area contributed by atoms with Gasteiger partial charge in [-0.1, -0.05) is 6.92 Å². The summed E-state index contributed by atoms with van der Waals surface area (Å²) in [6.07, 6.45) is 3.09. The smallest absolute Gasteiger partial charge is 0.267 e. The van der Waals surface area contributed by atoms with E-state index in [1.165, 1.54) is 0 Å². The van der Waals surface area contributed by atoms with Crippen molar-refractivity contribution >= 4 is 27.7 Å². The summed E-state index contributed by atoms with van der Waals surface area (Å²) in [5.41, 5.74) is 0.598. The van der Waals surface area contributed by atoms with Gasteiger partial charge < -0.3 is 15.2 Å². The van der Waals surface area contributed by atoms with Crippen LogP contribution in [0.1, 0.15) is 50.1 Å². The number of hydrogen-bond acceptors (Lipinski definition) is 2. The molecule has 0 spiro atoms. The number of carbonyl (C=O) groups excluding carboxylic acids is 2. The largest absolute Gasteiger partial charge is 0.356 e. The number of aromatic nitrogens is 1. The monoisotopic (exact) mass is 343 g/mol. The SMILES string of the molecule is CCCNC(=O)CCNC(=O)c1cc(Br)cn1C(C)C. The Labute approximate surface area is 128 Å². The highest BCUT2D eigenvalue weighted by atomic mass is 79.9. The molecule has 0 saturated heterocycles. The van der Waals surface area contributed by atoms with Crippen LogP contribution in [0.3, 0.4) is 0 Å². The molecule has 0 fully saturated rings. The van der Waals surface area contributed by atoms with Gasteiger partial charge in [-0.15, -0.1) is 0 Å². The first-order valence-corrected chi connectivity index (χ1v) is 7.67. The first-order valence-electron chi connectivity index (χ1n) is 6.88. The van der Waals surface area contributed by atoms with Crippen LogP contribution in [-0.4, -0.2) is 29.5 Å². The van der Waals surface area contributed by atoms with Crippen molar-refractivity contribution in [2.24, 2.45) is 0 Å². The fraction of sp³-hybridized carbons (Fsp3) is 0.571. The van der Waals surface area contributed by atoms with Crippen LogP contribution in [0.5, 0.6) is 0 Å². The topological polar surface area (TPSA) is 63.1 Å². The highest BCUT2D eigenvalue weighted by Gasteiger charge is 2.14. The summed E-state index contributed by atoms with van der Waals surface area (Å²) in [6.45, 7) is 7.05. The van der Waals surface area contributed by atoms with Crippen LogP contribution in [0.15, 0.2) is 16.7 Å². The number of amides is 2. The molecule has 0 saturated carbocycles. The van der Waals surface area contributed by atoms with Crippen LogP contribution in [0, 0.1) is 0 Å². The first-order chi connectivity index (χ1) is 9.45. The molecular weight excluding hydrogens is 322 g/mol. The van der Waals surface area contributed by atoms with E-state index in [4.69, 9.17) is 0 Å². The predicted molar refractivity (Wildman–Crippen MR) is 82.8 cm³/mol. The Morgan fingerprint density at radius 2 is 2.00 bits per heavy atom. The number of halogens is 1. The van der Waals surface area contributed by atoms with Gasteiger partial charge in [-0.3, -0.25) is 9.59 Å². The number of carbonyl (C=O) groups is 2. The van der Waals surface area contributed by atoms with Crippen LogP contribution in [0.25, 0.3) is 0 Å². The van der Waals surface area contributed by atoms with Gasteiger partial charge in [0.05, 0.1) is 0 Å². The van der Waals surface area contributed by atoms with E-state index >= 15 is 0 Å². The third kappa shape index (κ3) is 5.00. The Bertz CT molecular complexity index is 469. The Morgan fingerprint density at radius 3 is 2.60 bits per heavy atom. The lowest BCUT2D eigenvalue weighted by Crippen LogP contribution is -2.32. The van der Waals surface area contributed by atoms with Gasteiger partial charge >= 0.3 is 0 Å². The number of hydrogen-bond donors (Lipinski definition) is 2. The lowest BCUT2D eigenvalue weighted by atomic mass is 10.3. The maximum Gasteiger partial charge on any atom is 0.267 e. The van der Waals surface area contributed by atoms with Crippen molar-refractivity contribution in [2.75, 3.05) is 13.1 Å². The fourth-order valence-electron chi connectivity index (χ4n) is 1.79. The molecule has 0 unspecified atom stereocenters. The van der Waals surface area contributed by atoms with Gasteiger partial charge in [0.25, 0.3) is 5.91 Å². The van der Waals surface area contributed by atoms with Crippen molar-refractivity contribution in [1.82, 2.24) is 15.2 Å². The maximum absolute atomic E-state index is 12.1. The van der Waals surface area contributed by atoms with E-state index in [0.29, 0.717) is 25.2 Å². The summed E-state index contributed by atoms with van der Waals surface area (Å²) in [7, 11) is 0. The Morgan fingerprint density at radius 1 is 1.30 bits per heavy atom. The van der Waals surface area contributed by atoms with Crippen molar-refractivity contribution in [3.8, 4) is 0 Å². The average Bonchev–Trinajstić information content (AvgIpc) is 2.78. The van der Waals surface area contributed by atoms with Crippen molar-refractivity contribution in [2.45, 2.75) is 39.7 Å². The van der Waals surface area contributed by atoms with Gasteiger partial charge in [-0.25, -0.2) is 0 Å². The summed E-state index contributed by atoms with van der Waals surface area (Å²) >= 11 is 3.37. The predicted octanol–water partition coefficient (Wildman–Crippen LogP) is 2.48. The van der Waals surface area contributed by atoms with E-state index in [-0.39, 0.29) is 17.9 Å². The van der Waals surface area contributed by atoms with E-state index < -0.39 is 0 Å². The summed E-state index contributed by atoms with van der Waals surface area (Å²) < 4.78 is 2.77. The van der Waals surface area contributed by atoms with E-state index in [9.17, 15) is 9.59 Å². The molecule has 1 aromatic rings. The standard InChI is InChI=1S/C14H22BrN3O2/c1-4-6-16-13(19)5-7-17-14(20)12-8-11(15)9-18(12)10(2)3/h8-10H,4-7H2,1-3H3,(H,16,19)(H,17,20). The van der Waals surface area contributed by atoms with Gasteiger partial charge in [0.1, 0.15) is 5.69 Å². The van der Waals surface area contributed by atoms with Crippen LogP contribution in [-0.2, 0) is 4.79 Å². The van der Waals surface area contributed by atoms with E-state index in [0.717, 1.165) is 10.9 Å². The Balaban J connectivity index is 2.49. The molecule has 0 aliphatic carbocycles. The minimum absolute atomic E-state index is 0.0347. The summed E-state index contributed by atoms with van der Waals surface area (Å²) in [4.78, 5) is 23.5. The molecule has 1 heterocycles. The third-order valence-electron chi connectivity index (χ3n) is 2.81. The quantitative estimate of drug-likeness (QED) is 0.798. The number of nitrogens with one attached hydrogen (secondary N) is 2. The summed E-state index contributed by atoms with van der Waals surface area (Å²) in [5.74, 6) is -0.194. The summed E-state index contributed by atoms with van der Waals surface area (Å²) in [5, 5.41) is 5.55. The number of rotatable bonds is 7. The molecule has 0 aliphatic rings. The van der Waals surface area contributed by atoms with Gasteiger partial charge in [-0.2, -0.15) is 0 Å². The van der Waals surface area contributed by atoms with Crippen molar-refractivity contribution in [1.29, 1.82) is 0 Å². The molecule has 112 valence electrons. The Hall–Kier alpha value is -1.30. The van der Waals surface area contributed by atoms with Gasteiger partial charge in [0.2, 0.25) is 5.91 Å². The Kier molecular flexibility index (Phi) is 6.78. The van der Waals surface area contributed by atoms with E-state index in [2.05, 4.69) is 26.6 Å². The molecule has 2 N–H and O–H groups in total. The molecule has 1 rings (SSSR count). The highest BCUT2D eigenvalue weighted by Crippen LogP contribution is 2.19. The molecule has 1 aromatic heterocycles. The van der Waals surface area contributed by atoms with E-state index in [1.807, 2.05) is 31.5 Å².